The zero-order valence-electron chi connectivity index (χ0n) is 14.8. The number of nitrogens with one attached hydrogen (secondary N) is 1. The molecule has 1 aromatic carbocycles. The number of hydrogen-bond acceptors (Lipinski definition) is 3. The zero-order chi connectivity index (χ0) is 17.3. The van der Waals surface area contributed by atoms with Crippen LogP contribution in [0.25, 0.3) is 0 Å². The van der Waals surface area contributed by atoms with Gasteiger partial charge in [0.25, 0.3) is 0 Å². The Labute approximate surface area is 155 Å². The number of carbonyl (C=O) groups excluding carboxylic acids is 1. The highest BCUT2D eigenvalue weighted by Gasteiger charge is 2.19. The van der Waals surface area contributed by atoms with E-state index >= 15 is 0 Å². The van der Waals surface area contributed by atoms with Gasteiger partial charge in [0.05, 0.1) is 0 Å². The summed E-state index contributed by atoms with van der Waals surface area (Å²) >= 11 is 1.84. The summed E-state index contributed by atoms with van der Waals surface area (Å²) in [6.07, 6.45) is 4.92. The average Bonchev–Trinajstić information content (AvgIpc) is 3.15. The molecule has 3 nitrogen and oxygen atoms in total. The van der Waals surface area contributed by atoms with Crippen molar-refractivity contribution in [1.29, 1.82) is 0 Å². The van der Waals surface area contributed by atoms with Gasteiger partial charge in [0.1, 0.15) is 0 Å². The number of thiophene rings is 1. The minimum Gasteiger partial charge on any atom is -0.356 e. The molecule has 2 heterocycles. The van der Waals surface area contributed by atoms with Crippen LogP contribution in [-0.2, 0) is 17.8 Å². The van der Waals surface area contributed by atoms with Crippen LogP contribution in [0.1, 0.15) is 36.1 Å². The Morgan fingerprint density at radius 2 is 1.92 bits per heavy atom. The van der Waals surface area contributed by atoms with Crippen LogP contribution in [-0.4, -0.2) is 30.4 Å². The summed E-state index contributed by atoms with van der Waals surface area (Å²) in [6.45, 7) is 4.21. The highest BCUT2D eigenvalue weighted by Crippen LogP contribution is 2.20. The second kappa shape index (κ2) is 9.73. The molecule has 2 aromatic rings. The van der Waals surface area contributed by atoms with Gasteiger partial charge in [-0.15, -0.1) is 11.3 Å². The molecule has 1 amide bonds. The first kappa shape index (κ1) is 18.2. The van der Waals surface area contributed by atoms with Crippen LogP contribution in [0, 0.1) is 5.92 Å². The molecule has 4 heteroatoms. The van der Waals surface area contributed by atoms with Crippen molar-refractivity contribution >= 4 is 17.2 Å². The predicted octanol–water partition coefficient (Wildman–Crippen LogP) is 4.10. The Balaban J connectivity index is 1.27. The molecule has 1 N–H and O–H groups in total. The molecular weight excluding hydrogens is 328 g/mol. The monoisotopic (exact) mass is 356 g/mol. The van der Waals surface area contributed by atoms with Crippen LogP contribution >= 0.6 is 11.3 Å². The minimum atomic E-state index is 0.206. The van der Waals surface area contributed by atoms with E-state index in [1.54, 1.807) is 0 Å². The number of carbonyl (C=O) groups is 1. The molecule has 1 aliphatic rings. The van der Waals surface area contributed by atoms with Crippen molar-refractivity contribution < 1.29 is 4.79 Å². The largest absolute Gasteiger partial charge is 0.356 e. The first-order valence-corrected chi connectivity index (χ1v) is 10.2. The molecule has 0 unspecified atom stereocenters. The second-order valence-corrected chi connectivity index (χ2v) is 7.97. The summed E-state index contributed by atoms with van der Waals surface area (Å²) < 4.78 is 0. The van der Waals surface area contributed by atoms with Gasteiger partial charge in [0.2, 0.25) is 5.91 Å². The SMILES string of the molecule is O=C(CCCc1ccccc1)NCC1CCN(Cc2cccs2)CC1. The first-order valence-electron chi connectivity index (χ1n) is 9.35. The molecule has 0 radical (unpaired) electrons. The van der Waals surface area contributed by atoms with E-state index in [1.807, 2.05) is 17.4 Å². The van der Waals surface area contributed by atoms with Crippen molar-refractivity contribution in [2.45, 2.75) is 38.6 Å². The van der Waals surface area contributed by atoms with Crippen LogP contribution in [0.3, 0.4) is 0 Å². The Kier molecular flexibility index (Phi) is 7.07. The number of benzene rings is 1. The highest BCUT2D eigenvalue weighted by atomic mass is 32.1. The van der Waals surface area contributed by atoms with Crippen molar-refractivity contribution in [1.82, 2.24) is 10.2 Å². The lowest BCUT2D eigenvalue weighted by Gasteiger charge is -2.31. The number of amides is 1. The molecule has 0 aliphatic carbocycles. The molecule has 1 fully saturated rings. The summed E-state index contributed by atoms with van der Waals surface area (Å²) in [6, 6.07) is 14.7. The minimum absolute atomic E-state index is 0.206. The number of aryl methyl sites for hydroxylation is 1. The molecule has 0 saturated carbocycles. The Morgan fingerprint density at radius 3 is 2.64 bits per heavy atom. The van der Waals surface area contributed by atoms with Crippen molar-refractivity contribution in [2.75, 3.05) is 19.6 Å². The maximum Gasteiger partial charge on any atom is 0.220 e. The van der Waals surface area contributed by atoms with E-state index in [9.17, 15) is 4.79 Å². The van der Waals surface area contributed by atoms with Crippen LogP contribution in [0.4, 0.5) is 0 Å². The molecule has 134 valence electrons. The predicted molar refractivity (Wildman–Crippen MR) is 105 cm³/mol. The summed E-state index contributed by atoms with van der Waals surface area (Å²) in [4.78, 5) is 16.0. The number of piperidine rings is 1. The third-order valence-corrected chi connectivity index (χ3v) is 5.83. The Morgan fingerprint density at radius 1 is 1.12 bits per heavy atom. The average molecular weight is 357 g/mol. The molecule has 3 rings (SSSR count). The van der Waals surface area contributed by atoms with Gasteiger partial charge in [-0.3, -0.25) is 9.69 Å². The number of hydrogen-bond donors (Lipinski definition) is 1. The Hall–Kier alpha value is -1.65. The third-order valence-electron chi connectivity index (χ3n) is 4.97. The quantitative estimate of drug-likeness (QED) is 0.772. The summed E-state index contributed by atoms with van der Waals surface area (Å²) in [7, 11) is 0. The third kappa shape index (κ3) is 6.29. The summed E-state index contributed by atoms with van der Waals surface area (Å²) in [5.74, 6) is 0.842. The van der Waals surface area contributed by atoms with Gasteiger partial charge in [-0.05, 0) is 61.7 Å². The van der Waals surface area contributed by atoms with Crippen LogP contribution in [0.15, 0.2) is 47.8 Å². The van der Waals surface area contributed by atoms with Crippen LogP contribution in [0.2, 0.25) is 0 Å². The van der Waals surface area contributed by atoms with E-state index in [2.05, 4.69) is 52.0 Å². The molecule has 0 spiro atoms. The van der Waals surface area contributed by atoms with Crippen LogP contribution in [0.5, 0.6) is 0 Å². The molecule has 25 heavy (non-hydrogen) atoms. The lowest BCUT2D eigenvalue weighted by molar-refractivity contribution is -0.121. The van der Waals surface area contributed by atoms with Gasteiger partial charge in [-0.1, -0.05) is 36.4 Å². The molecule has 0 atom stereocenters. The van der Waals surface area contributed by atoms with E-state index in [-0.39, 0.29) is 5.91 Å². The van der Waals surface area contributed by atoms with Crippen molar-refractivity contribution in [3.63, 3.8) is 0 Å². The maximum absolute atomic E-state index is 12.0. The number of likely N-dealkylation sites (tertiary alicyclic amines) is 1. The van der Waals surface area contributed by atoms with Gasteiger partial charge in [-0.25, -0.2) is 0 Å². The van der Waals surface area contributed by atoms with Crippen molar-refractivity contribution in [2.24, 2.45) is 5.92 Å². The van der Waals surface area contributed by atoms with Gasteiger partial charge >= 0.3 is 0 Å². The molecule has 1 aromatic heterocycles. The van der Waals surface area contributed by atoms with Gasteiger partial charge < -0.3 is 5.32 Å². The number of rotatable bonds is 8. The van der Waals surface area contributed by atoms with E-state index in [1.165, 1.54) is 23.3 Å². The van der Waals surface area contributed by atoms with Crippen LogP contribution < -0.4 is 5.32 Å². The van der Waals surface area contributed by atoms with Crippen molar-refractivity contribution in [3.8, 4) is 0 Å². The maximum atomic E-state index is 12.0. The normalized spacial score (nSPS) is 16.0. The molecular formula is C21H28N2OS. The molecule has 1 saturated heterocycles. The Bertz CT molecular complexity index is 619. The van der Waals surface area contributed by atoms with Crippen molar-refractivity contribution in [3.05, 3.63) is 58.3 Å². The topological polar surface area (TPSA) is 32.3 Å². The lowest BCUT2D eigenvalue weighted by atomic mass is 9.96. The highest BCUT2D eigenvalue weighted by molar-refractivity contribution is 7.09. The fourth-order valence-corrected chi connectivity index (χ4v) is 4.16. The van der Waals surface area contributed by atoms with E-state index in [4.69, 9.17) is 0 Å². The first-order chi connectivity index (χ1) is 12.3. The smallest absolute Gasteiger partial charge is 0.220 e. The van der Waals surface area contributed by atoms with E-state index < -0.39 is 0 Å². The van der Waals surface area contributed by atoms with E-state index in [0.717, 1.165) is 39.0 Å². The number of nitrogens with zero attached hydrogens (tertiary/aromatic N) is 1. The van der Waals surface area contributed by atoms with Gasteiger partial charge in [0.15, 0.2) is 0 Å². The standard InChI is InChI=1S/C21H28N2OS/c24-21(10-4-8-18-6-2-1-3-7-18)22-16-19-11-13-23(14-12-19)17-20-9-5-15-25-20/h1-3,5-7,9,15,19H,4,8,10-14,16-17H2,(H,22,24). The second-order valence-electron chi connectivity index (χ2n) is 6.94. The lowest BCUT2D eigenvalue weighted by Crippen LogP contribution is -2.38. The summed E-state index contributed by atoms with van der Waals surface area (Å²) in [5, 5.41) is 5.29. The van der Waals surface area contributed by atoms with Gasteiger partial charge in [0, 0.05) is 24.4 Å². The fourth-order valence-electron chi connectivity index (χ4n) is 3.42. The molecule has 0 bridgehead atoms. The van der Waals surface area contributed by atoms with Gasteiger partial charge in [-0.2, -0.15) is 0 Å². The summed E-state index contributed by atoms with van der Waals surface area (Å²) in [5.41, 5.74) is 1.31. The zero-order valence-corrected chi connectivity index (χ0v) is 15.6. The molecule has 1 aliphatic heterocycles. The fraction of sp³-hybridized carbons (Fsp3) is 0.476. The van der Waals surface area contributed by atoms with E-state index in [0.29, 0.717) is 12.3 Å².